The second-order valence-corrected chi connectivity index (χ2v) is 9.22. The Hall–Kier alpha value is -2.74. The van der Waals surface area contributed by atoms with E-state index in [9.17, 15) is 14.7 Å². The van der Waals surface area contributed by atoms with Crippen molar-refractivity contribution < 1.29 is 24.2 Å². The summed E-state index contributed by atoms with van der Waals surface area (Å²) in [5.74, 6) is -0.635. The van der Waals surface area contributed by atoms with Crippen molar-refractivity contribution in [2.24, 2.45) is 0 Å². The number of aliphatic hydroxyl groups excluding tert-OH is 1. The van der Waals surface area contributed by atoms with Crippen molar-refractivity contribution in [2.45, 2.75) is 26.3 Å². The molecule has 0 bridgehead atoms. The van der Waals surface area contributed by atoms with E-state index >= 15 is 0 Å². The van der Waals surface area contributed by atoms with Gasteiger partial charge in [0.2, 0.25) is 0 Å². The summed E-state index contributed by atoms with van der Waals surface area (Å²) in [4.78, 5) is 30.1. The third-order valence-electron chi connectivity index (χ3n) is 6.38. The van der Waals surface area contributed by atoms with Gasteiger partial charge in [-0.1, -0.05) is 43.1 Å². The van der Waals surface area contributed by atoms with Gasteiger partial charge in [-0.2, -0.15) is 0 Å². The summed E-state index contributed by atoms with van der Waals surface area (Å²) >= 11 is 12.4. The number of benzene rings is 2. The lowest BCUT2D eigenvalue weighted by Gasteiger charge is -2.27. The highest BCUT2D eigenvalue weighted by Gasteiger charge is 2.46. The third-order valence-corrected chi connectivity index (χ3v) is 7.12. The molecule has 9 heteroatoms. The predicted molar refractivity (Wildman–Crippen MR) is 135 cm³/mol. The summed E-state index contributed by atoms with van der Waals surface area (Å²) in [5, 5.41) is 12.0. The number of hydrogen-bond acceptors (Lipinski definition) is 6. The van der Waals surface area contributed by atoms with Crippen molar-refractivity contribution in [3.63, 3.8) is 0 Å². The van der Waals surface area contributed by atoms with Crippen LogP contribution in [0.4, 0.5) is 0 Å². The lowest BCUT2D eigenvalue weighted by molar-refractivity contribution is -0.140. The molecule has 1 saturated heterocycles. The van der Waals surface area contributed by atoms with Crippen molar-refractivity contribution in [3.05, 3.63) is 63.1 Å². The van der Waals surface area contributed by atoms with Gasteiger partial charge in [0.15, 0.2) is 11.5 Å². The average Bonchev–Trinajstić information content (AvgIpc) is 3.12. The minimum atomic E-state index is -0.797. The number of amides is 1. The van der Waals surface area contributed by atoms with Crippen LogP contribution >= 0.6 is 23.2 Å². The number of rotatable bonds is 8. The number of aliphatic hydroxyl groups is 1. The second kappa shape index (κ2) is 10.9. The molecule has 1 amide bonds. The Kier molecular flexibility index (Phi) is 7.89. The van der Waals surface area contributed by atoms with Crippen LogP contribution in [-0.2, 0) is 9.59 Å². The molecule has 0 aliphatic carbocycles. The van der Waals surface area contributed by atoms with Crippen LogP contribution < -0.4 is 9.47 Å². The molecule has 2 heterocycles. The largest absolute Gasteiger partial charge is 0.507 e. The highest BCUT2D eigenvalue weighted by Crippen LogP contribution is 2.42. The molecule has 1 fully saturated rings. The van der Waals surface area contributed by atoms with E-state index in [2.05, 4.69) is 18.7 Å². The predicted octanol–water partition coefficient (Wildman–Crippen LogP) is 4.92. The Bertz CT molecular complexity index is 1160. The minimum Gasteiger partial charge on any atom is -0.507 e. The van der Waals surface area contributed by atoms with Crippen LogP contribution in [0.5, 0.6) is 11.5 Å². The molecule has 0 spiro atoms. The first-order valence-corrected chi connectivity index (χ1v) is 12.5. The molecule has 1 N–H and O–H groups in total. The summed E-state index contributed by atoms with van der Waals surface area (Å²) in [6.45, 7) is 7.92. The summed E-state index contributed by atoms with van der Waals surface area (Å²) in [7, 11) is 0. The third kappa shape index (κ3) is 5.13. The number of hydrogen-bond donors (Lipinski definition) is 1. The van der Waals surface area contributed by atoms with E-state index in [1.165, 1.54) is 4.90 Å². The Balaban J connectivity index is 1.75. The number of nitrogens with zero attached hydrogens (tertiary/aromatic N) is 2. The van der Waals surface area contributed by atoms with Gasteiger partial charge in [0.25, 0.3) is 11.7 Å². The number of likely N-dealkylation sites (tertiary alicyclic amines) is 1. The van der Waals surface area contributed by atoms with Crippen LogP contribution in [-0.4, -0.2) is 66.0 Å². The highest BCUT2D eigenvalue weighted by atomic mass is 35.5. The number of ether oxygens (including phenoxy) is 2. The molecule has 1 atom stereocenters. The molecule has 0 radical (unpaired) electrons. The van der Waals surface area contributed by atoms with Gasteiger partial charge in [0.1, 0.15) is 19.0 Å². The first-order chi connectivity index (χ1) is 16.8. The summed E-state index contributed by atoms with van der Waals surface area (Å²) < 4.78 is 11.2. The van der Waals surface area contributed by atoms with Crippen molar-refractivity contribution in [2.75, 3.05) is 39.4 Å². The number of ketones is 1. The van der Waals surface area contributed by atoms with Gasteiger partial charge in [-0.05, 0) is 62.0 Å². The van der Waals surface area contributed by atoms with Crippen molar-refractivity contribution in [1.82, 2.24) is 9.80 Å². The highest BCUT2D eigenvalue weighted by molar-refractivity contribution is 6.46. The van der Waals surface area contributed by atoms with Gasteiger partial charge in [0, 0.05) is 12.1 Å². The quantitative estimate of drug-likeness (QED) is 0.303. The Morgan fingerprint density at radius 1 is 1.03 bits per heavy atom. The van der Waals surface area contributed by atoms with Crippen LogP contribution in [0.2, 0.25) is 10.0 Å². The summed E-state index contributed by atoms with van der Waals surface area (Å²) in [6.07, 6.45) is 0.677. The van der Waals surface area contributed by atoms with Crippen LogP contribution in [0.3, 0.4) is 0 Å². The zero-order chi connectivity index (χ0) is 25.1. The van der Waals surface area contributed by atoms with Gasteiger partial charge in [-0.25, -0.2) is 0 Å². The summed E-state index contributed by atoms with van der Waals surface area (Å²) in [6, 6.07) is 9.12. The van der Waals surface area contributed by atoms with Gasteiger partial charge in [0.05, 0.1) is 21.7 Å². The monoisotopic (exact) mass is 518 g/mol. The van der Waals surface area contributed by atoms with E-state index in [-0.39, 0.29) is 11.3 Å². The SMILES string of the molecule is CCN(CC)CCCN1C(=O)C(=O)C(=C(O)c2ccc3c(c2)OCCO3)[C@@H]1c1ccc(Cl)c(Cl)c1. The van der Waals surface area contributed by atoms with E-state index < -0.39 is 17.7 Å². The number of Topliss-reactive ketones (excluding diaryl/α,β-unsaturated/α-hetero) is 1. The van der Waals surface area contributed by atoms with E-state index in [0.717, 1.165) is 19.6 Å². The van der Waals surface area contributed by atoms with E-state index in [0.29, 0.717) is 58.9 Å². The average molecular weight is 519 g/mol. The van der Waals surface area contributed by atoms with Gasteiger partial charge >= 0.3 is 0 Å². The molecule has 2 aliphatic heterocycles. The number of fused-ring (bicyclic) bond motifs is 1. The second-order valence-electron chi connectivity index (χ2n) is 8.40. The van der Waals surface area contributed by atoms with Crippen LogP contribution in [0, 0.1) is 0 Å². The lowest BCUT2D eigenvalue weighted by Crippen LogP contribution is -2.33. The number of carbonyl (C=O) groups is 2. The topological polar surface area (TPSA) is 79.3 Å². The Morgan fingerprint density at radius 2 is 1.74 bits per heavy atom. The lowest BCUT2D eigenvalue weighted by atomic mass is 9.95. The molecule has 2 aliphatic rings. The molecule has 0 saturated carbocycles. The molecule has 0 aromatic heterocycles. The number of halogens is 2. The fourth-order valence-electron chi connectivity index (χ4n) is 4.49. The smallest absolute Gasteiger partial charge is 0.295 e. The maximum absolute atomic E-state index is 13.2. The van der Waals surface area contributed by atoms with Gasteiger partial charge in [-0.15, -0.1) is 0 Å². The molecule has 4 rings (SSSR count). The maximum Gasteiger partial charge on any atom is 0.295 e. The minimum absolute atomic E-state index is 0.00732. The first kappa shape index (κ1) is 25.4. The van der Waals surface area contributed by atoms with Gasteiger partial charge in [-0.3, -0.25) is 9.59 Å². The molecule has 2 aromatic rings. The molecule has 0 unspecified atom stereocenters. The van der Waals surface area contributed by atoms with Crippen LogP contribution in [0.25, 0.3) is 5.76 Å². The Labute approximate surface area is 214 Å². The summed E-state index contributed by atoms with van der Waals surface area (Å²) in [5.41, 5.74) is 0.967. The Morgan fingerprint density at radius 3 is 2.43 bits per heavy atom. The molecular weight excluding hydrogens is 491 g/mol. The van der Waals surface area contributed by atoms with Crippen molar-refractivity contribution in [1.29, 1.82) is 0 Å². The number of carbonyl (C=O) groups excluding carboxylic acids is 2. The van der Waals surface area contributed by atoms with Crippen molar-refractivity contribution in [3.8, 4) is 11.5 Å². The zero-order valence-electron chi connectivity index (χ0n) is 19.7. The fourth-order valence-corrected chi connectivity index (χ4v) is 4.80. The molecule has 186 valence electrons. The van der Waals surface area contributed by atoms with Gasteiger partial charge < -0.3 is 24.4 Å². The molecule has 2 aromatic carbocycles. The maximum atomic E-state index is 13.2. The van der Waals surface area contributed by atoms with Crippen LogP contribution in [0.15, 0.2) is 42.0 Å². The standard InChI is InChI=1S/C26H28Cl2N2O5/c1-3-29(4-2)10-5-11-30-23(16-6-8-18(27)19(28)14-16)22(25(32)26(30)33)24(31)17-7-9-20-21(15-17)35-13-12-34-20/h6-9,14-15,23,31H,3-5,10-13H2,1-2H3/t23-/m0/s1. The van der Waals surface area contributed by atoms with E-state index in [1.54, 1.807) is 36.4 Å². The molecule has 35 heavy (non-hydrogen) atoms. The molecule has 7 nitrogen and oxygen atoms in total. The first-order valence-electron chi connectivity index (χ1n) is 11.7. The fraction of sp³-hybridized carbons (Fsp3) is 0.385. The van der Waals surface area contributed by atoms with Crippen LogP contribution in [0.1, 0.15) is 37.4 Å². The van der Waals surface area contributed by atoms with Crippen molar-refractivity contribution >= 4 is 40.7 Å². The van der Waals surface area contributed by atoms with E-state index in [4.69, 9.17) is 32.7 Å². The zero-order valence-corrected chi connectivity index (χ0v) is 21.2. The molecular formula is C26H28Cl2N2O5. The van der Waals surface area contributed by atoms with E-state index in [1.807, 2.05) is 0 Å². The normalized spacial score (nSPS) is 19.0.